The molecule has 1 aliphatic heterocycles. The summed E-state index contributed by atoms with van der Waals surface area (Å²) in [5.41, 5.74) is 8.11. The molecular weight excluding hydrogens is 400 g/mol. The van der Waals surface area contributed by atoms with Gasteiger partial charge in [0.25, 0.3) is 0 Å². The zero-order valence-corrected chi connectivity index (χ0v) is 15.5. The fourth-order valence-corrected chi connectivity index (χ4v) is 3.01. The van der Waals surface area contributed by atoms with E-state index in [1.54, 1.807) is 17.8 Å². The van der Waals surface area contributed by atoms with Crippen LogP contribution in [-0.2, 0) is 12.3 Å². The molecule has 0 bridgehead atoms. The maximum Gasteiger partial charge on any atom is 0.191 e. The minimum atomic E-state index is -0.189. The van der Waals surface area contributed by atoms with Gasteiger partial charge in [0.05, 0.1) is 6.54 Å². The number of rotatable bonds is 4. The van der Waals surface area contributed by atoms with Crippen molar-refractivity contribution >= 4 is 41.7 Å². The lowest BCUT2D eigenvalue weighted by atomic mass is 10.1. The quantitative estimate of drug-likeness (QED) is 0.457. The molecule has 1 aromatic rings. The Labute approximate surface area is 147 Å². The molecule has 1 heterocycles. The van der Waals surface area contributed by atoms with Crippen LogP contribution in [-0.4, -0.2) is 30.2 Å². The largest absolute Gasteiger partial charge is 0.370 e. The van der Waals surface area contributed by atoms with Crippen LogP contribution in [0.2, 0.25) is 0 Å². The zero-order valence-electron chi connectivity index (χ0n) is 12.3. The first kappa shape index (κ1) is 18.5. The molecule has 2 rings (SSSR count). The summed E-state index contributed by atoms with van der Waals surface area (Å²) in [5.74, 6) is 1.22. The molecule has 1 aromatic carbocycles. The number of nitrogens with two attached hydrogens (primary N) is 1. The summed E-state index contributed by atoms with van der Waals surface area (Å²) in [6.07, 6.45) is 5.66. The second kappa shape index (κ2) is 9.50. The number of halogens is 2. The highest BCUT2D eigenvalue weighted by molar-refractivity contribution is 14.0. The van der Waals surface area contributed by atoms with E-state index < -0.39 is 0 Å². The molecule has 0 saturated carbocycles. The minimum absolute atomic E-state index is 0. The van der Waals surface area contributed by atoms with Crippen molar-refractivity contribution in [1.29, 1.82) is 0 Å². The lowest BCUT2D eigenvalue weighted by molar-refractivity contribution is 0.338. The van der Waals surface area contributed by atoms with Crippen molar-refractivity contribution in [2.45, 2.75) is 31.6 Å². The van der Waals surface area contributed by atoms with Crippen molar-refractivity contribution in [3.8, 4) is 0 Å². The monoisotopic (exact) mass is 423 g/mol. The van der Waals surface area contributed by atoms with Gasteiger partial charge in [-0.2, -0.15) is 11.8 Å². The molecular formula is C15H23FIN3S. The van der Waals surface area contributed by atoms with Gasteiger partial charge in [-0.1, -0.05) is 6.07 Å². The van der Waals surface area contributed by atoms with Crippen LogP contribution in [0.4, 0.5) is 4.39 Å². The number of guanidine groups is 1. The van der Waals surface area contributed by atoms with E-state index in [2.05, 4.69) is 9.89 Å². The molecule has 3 nitrogen and oxygen atoms in total. The van der Waals surface area contributed by atoms with E-state index in [9.17, 15) is 4.39 Å². The van der Waals surface area contributed by atoms with Crippen LogP contribution in [0.25, 0.3) is 0 Å². The summed E-state index contributed by atoms with van der Waals surface area (Å²) in [6, 6.07) is 4.90. The van der Waals surface area contributed by atoms with E-state index in [0.717, 1.165) is 30.0 Å². The molecule has 1 fully saturated rings. The average molecular weight is 423 g/mol. The van der Waals surface area contributed by atoms with Crippen LogP contribution in [0.3, 0.4) is 0 Å². The van der Waals surface area contributed by atoms with Crippen molar-refractivity contribution in [3.05, 3.63) is 35.1 Å². The predicted octanol–water partition coefficient (Wildman–Crippen LogP) is 3.61. The third kappa shape index (κ3) is 5.65. The molecule has 6 heteroatoms. The maximum atomic E-state index is 13.3. The minimum Gasteiger partial charge on any atom is -0.370 e. The highest BCUT2D eigenvalue weighted by atomic mass is 127. The lowest BCUT2D eigenvalue weighted by Gasteiger charge is -2.27. The van der Waals surface area contributed by atoms with Gasteiger partial charge in [-0.15, -0.1) is 24.0 Å². The van der Waals surface area contributed by atoms with Crippen molar-refractivity contribution < 1.29 is 4.39 Å². The molecule has 21 heavy (non-hydrogen) atoms. The first-order valence-corrected chi connectivity index (χ1v) is 8.41. The number of aliphatic imine (C=N–C) groups is 1. The Hall–Kier alpha value is -0.500. The summed E-state index contributed by atoms with van der Waals surface area (Å²) in [7, 11) is 0. The first-order chi connectivity index (χ1) is 9.70. The Kier molecular flexibility index (Phi) is 8.39. The van der Waals surface area contributed by atoms with Crippen molar-refractivity contribution in [2.75, 3.05) is 19.3 Å². The van der Waals surface area contributed by atoms with Gasteiger partial charge >= 0.3 is 0 Å². The second-order valence-electron chi connectivity index (χ2n) is 5.07. The number of benzene rings is 1. The molecule has 0 aliphatic carbocycles. The van der Waals surface area contributed by atoms with Crippen LogP contribution in [0, 0.1) is 5.82 Å². The first-order valence-electron chi connectivity index (χ1n) is 7.02. The molecule has 0 aromatic heterocycles. The summed E-state index contributed by atoms with van der Waals surface area (Å²) in [5, 5.41) is 0. The van der Waals surface area contributed by atoms with Crippen LogP contribution >= 0.6 is 35.7 Å². The molecule has 0 radical (unpaired) electrons. The van der Waals surface area contributed by atoms with Gasteiger partial charge in [-0.3, -0.25) is 0 Å². The molecule has 0 unspecified atom stereocenters. The predicted molar refractivity (Wildman–Crippen MR) is 99.8 cm³/mol. The molecule has 1 saturated heterocycles. The van der Waals surface area contributed by atoms with Crippen LogP contribution < -0.4 is 5.73 Å². The van der Waals surface area contributed by atoms with E-state index in [4.69, 9.17) is 5.73 Å². The van der Waals surface area contributed by atoms with Gasteiger partial charge in [0.2, 0.25) is 0 Å². The Bertz CT molecular complexity index is 476. The molecule has 118 valence electrons. The summed E-state index contributed by atoms with van der Waals surface area (Å²) in [4.78, 5) is 6.62. The maximum absolute atomic E-state index is 13.3. The Morgan fingerprint density at radius 2 is 2.00 bits per heavy atom. The van der Waals surface area contributed by atoms with Gasteiger partial charge in [0.15, 0.2) is 5.96 Å². The van der Waals surface area contributed by atoms with E-state index in [-0.39, 0.29) is 29.8 Å². The summed E-state index contributed by atoms with van der Waals surface area (Å²) in [6.45, 7) is 2.52. The fraction of sp³-hybridized carbons (Fsp3) is 0.533. The molecule has 2 N–H and O–H groups in total. The number of likely N-dealkylation sites (tertiary alicyclic amines) is 1. The SMILES string of the molecule is CSCc1cc(F)ccc1CN=C(N)N1CCCCC1.I. The lowest BCUT2D eigenvalue weighted by Crippen LogP contribution is -2.40. The normalized spacial score (nSPS) is 15.7. The fourth-order valence-electron chi connectivity index (χ4n) is 2.43. The molecule has 0 amide bonds. The van der Waals surface area contributed by atoms with Crippen molar-refractivity contribution in [2.24, 2.45) is 10.7 Å². The van der Waals surface area contributed by atoms with E-state index in [1.165, 1.54) is 25.3 Å². The van der Waals surface area contributed by atoms with E-state index in [0.29, 0.717) is 12.5 Å². The van der Waals surface area contributed by atoms with Crippen LogP contribution in [0.5, 0.6) is 0 Å². The average Bonchev–Trinajstić information content (AvgIpc) is 2.47. The van der Waals surface area contributed by atoms with Crippen molar-refractivity contribution in [1.82, 2.24) is 4.90 Å². The summed E-state index contributed by atoms with van der Waals surface area (Å²) < 4.78 is 13.3. The molecule has 1 aliphatic rings. The number of thioether (sulfide) groups is 1. The van der Waals surface area contributed by atoms with Crippen molar-refractivity contribution in [3.63, 3.8) is 0 Å². The molecule has 0 atom stereocenters. The number of hydrogen-bond acceptors (Lipinski definition) is 2. The van der Waals surface area contributed by atoms with Crippen LogP contribution in [0.1, 0.15) is 30.4 Å². The van der Waals surface area contributed by atoms with Gasteiger partial charge in [0.1, 0.15) is 5.82 Å². The number of nitrogens with zero attached hydrogens (tertiary/aromatic N) is 2. The Morgan fingerprint density at radius 3 is 2.67 bits per heavy atom. The Balaban J connectivity index is 0.00000220. The Morgan fingerprint density at radius 1 is 1.29 bits per heavy atom. The van der Waals surface area contributed by atoms with Gasteiger partial charge in [0, 0.05) is 18.8 Å². The van der Waals surface area contributed by atoms with E-state index in [1.807, 2.05) is 12.3 Å². The molecule has 0 spiro atoms. The van der Waals surface area contributed by atoms with Crippen LogP contribution in [0.15, 0.2) is 23.2 Å². The third-order valence-corrected chi connectivity index (χ3v) is 4.16. The standard InChI is InChI=1S/C15H22FN3S.HI/c1-20-11-13-9-14(16)6-5-12(13)10-18-15(17)19-7-3-2-4-8-19;/h5-6,9H,2-4,7-8,10-11H2,1H3,(H2,17,18);1H. The van der Waals surface area contributed by atoms with Gasteiger partial charge in [-0.05, 0) is 48.8 Å². The topological polar surface area (TPSA) is 41.6 Å². The zero-order chi connectivity index (χ0) is 14.4. The smallest absolute Gasteiger partial charge is 0.191 e. The van der Waals surface area contributed by atoms with E-state index >= 15 is 0 Å². The number of hydrogen-bond donors (Lipinski definition) is 1. The highest BCUT2D eigenvalue weighted by Crippen LogP contribution is 2.18. The second-order valence-corrected chi connectivity index (χ2v) is 5.93. The summed E-state index contributed by atoms with van der Waals surface area (Å²) >= 11 is 1.68. The van der Waals surface area contributed by atoms with Gasteiger partial charge < -0.3 is 10.6 Å². The third-order valence-electron chi connectivity index (χ3n) is 3.56. The highest BCUT2D eigenvalue weighted by Gasteiger charge is 2.12. The number of piperidine rings is 1. The van der Waals surface area contributed by atoms with Gasteiger partial charge in [-0.25, -0.2) is 9.38 Å².